The molecule has 0 unspecified atom stereocenters. The van der Waals surface area contributed by atoms with Crippen molar-refractivity contribution < 1.29 is 4.52 Å². The minimum atomic E-state index is 0.511. The normalized spacial score (nSPS) is 10.1. The third-order valence-electron chi connectivity index (χ3n) is 2.10. The van der Waals surface area contributed by atoms with Crippen molar-refractivity contribution in [2.24, 2.45) is 0 Å². The van der Waals surface area contributed by atoms with Gasteiger partial charge in [0.2, 0.25) is 7.58 Å². The third-order valence-corrected chi connectivity index (χ3v) is 2.61. The van der Waals surface area contributed by atoms with Gasteiger partial charge in [-0.15, -0.1) is 0 Å². The van der Waals surface area contributed by atoms with Gasteiger partial charge in [-0.05, 0) is 35.1 Å². The SMILES string of the molecule is S=POc1ccc(-c2ccccc2)cc1. The lowest BCUT2D eigenvalue weighted by Gasteiger charge is -2.02. The van der Waals surface area contributed by atoms with Gasteiger partial charge in [0.05, 0.1) is 0 Å². The van der Waals surface area contributed by atoms with E-state index in [1.54, 1.807) is 0 Å². The summed E-state index contributed by atoms with van der Waals surface area (Å²) in [5, 5.41) is 0. The molecule has 0 saturated carbocycles. The Morgan fingerprint density at radius 1 is 0.800 bits per heavy atom. The van der Waals surface area contributed by atoms with Gasteiger partial charge < -0.3 is 4.52 Å². The number of benzene rings is 2. The molecule has 0 spiro atoms. The van der Waals surface area contributed by atoms with E-state index in [-0.39, 0.29) is 0 Å². The molecule has 2 aromatic carbocycles. The van der Waals surface area contributed by atoms with E-state index in [1.165, 1.54) is 11.1 Å². The minimum absolute atomic E-state index is 0.511. The molecule has 2 aromatic rings. The van der Waals surface area contributed by atoms with Crippen molar-refractivity contribution in [1.29, 1.82) is 0 Å². The fourth-order valence-corrected chi connectivity index (χ4v) is 1.85. The molecule has 3 heteroatoms. The van der Waals surface area contributed by atoms with Crippen LogP contribution in [-0.4, -0.2) is 0 Å². The molecule has 0 aromatic heterocycles. The highest BCUT2D eigenvalue weighted by Crippen LogP contribution is 2.23. The van der Waals surface area contributed by atoms with E-state index in [4.69, 9.17) is 16.3 Å². The molecule has 0 fully saturated rings. The quantitative estimate of drug-likeness (QED) is 0.738. The molecular formula is C12H9OPS. The largest absolute Gasteiger partial charge is 0.429 e. The molecule has 15 heavy (non-hydrogen) atoms. The zero-order valence-electron chi connectivity index (χ0n) is 7.96. The molecule has 0 aliphatic carbocycles. The molecular weight excluding hydrogens is 223 g/mol. The van der Waals surface area contributed by atoms with Gasteiger partial charge in [-0.1, -0.05) is 42.5 Å². The Hall–Kier alpha value is -1.24. The maximum Gasteiger partial charge on any atom is 0.205 e. The second-order valence-corrected chi connectivity index (χ2v) is 3.84. The van der Waals surface area contributed by atoms with Crippen molar-refractivity contribution >= 4 is 19.4 Å². The van der Waals surface area contributed by atoms with E-state index in [9.17, 15) is 0 Å². The van der Waals surface area contributed by atoms with Crippen LogP contribution >= 0.6 is 7.58 Å². The summed E-state index contributed by atoms with van der Waals surface area (Å²) in [5.74, 6) is 0.811. The minimum Gasteiger partial charge on any atom is -0.429 e. The smallest absolute Gasteiger partial charge is 0.205 e. The highest BCUT2D eigenvalue weighted by Gasteiger charge is 1.96. The molecule has 0 amide bonds. The average Bonchev–Trinajstić information content (AvgIpc) is 2.32. The van der Waals surface area contributed by atoms with Crippen LogP contribution in [0.2, 0.25) is 0 Å². The molecule has 0 bridgehead atoms. The number of hydrogen-bond acceptors (Lipinski definition) is 2. The maximum absolute atomic E-state index is 5.18. The predicted octanol–water partition coefficient (Wildman–Crippen LogP) is 4.06. The second kappa shape index (κ2) is 5.01. The Morgan fingerprint density at radius 2 is 1.40 bits per heavy atom. The predicted molar refractivity (Wildman–Crippen MR) is 66.8 cm³/mol. The molecule has 0 heterocycles. The van der Waals surface area contributed by atoms with Crippen LogP contribution in [0.25, 0.3) is 11.1 Å². The van der Waals surface area contributed by atoms with E-state index in [0.717, 1.165) is 5.75 Å². The van der Waals surface area contributed by atoms with Gasteiger partial charge in [0.15, 0.2) is 0 Å². The summed E-state index contributed by atoms with van der Waals surface area (Å²) in [6.45, 7) is 0. The molecule has 2 rings (SSSR count). The van der Waals surface area contributed by atoms with Gasteiger partial charge in [-0.3, -0.25) is 0 Å². The summed E-state index contributed by atoms with van der Waals surface area (Å²) in [6.07, 6.45) is 0. The van der Waals surface area contributed by atoms with Gasteiger partial charge >= 0.3 is 0 Å². The summed E-state index contributed by atoms with van der Waals surface area (Å²) >= 11 is 4.71. The Kier molecular flexibility index (Phi) is 3.44. The van der Waals surface area contributed by atoms with Gasteiger partial charge in [0, 0.05) is 0 Å². The van der Waals surface area contributed by atoms with Crippen LogP contribution in [0.5, 0.6) is 5.75 Å². The Bertz CT molecular complexity index is 439. The number of rotatable bonds is 3. The topological polar surface area (TPSA) is 9.23 Å². The first-order valence-electron chi connectivity index (χ1n) is 4.55. The van der Waals surface area contributed by atoms with E-state index in [0.29, 0.717) is 7.58 Å². The summed E-state index contributed by atoms with van der Waals surface area (Å²) in [6, 6.07) is 18.2. The van der Waals surface area contributed by atoms with E-state index in [2.05, 4.69) is 12.1 Å². The second-order valence-electron chi connectivity index (χ2n) is 3.06. The van der Waals surface area contributed by atoms with Crippen LogP contribution in [0.3, 0.4) is 0 Å². The zero-order valence-corrected chi connectivity index (χ0v) is 9.67. The van der Waals surface area contributed by atoms with Crippen molar-refractivity contribution in [3.05, 3.63) is 54.6 Å². The number of hydrogen-bond donors (Lipinski definition) is 0. The molecule has 1 nitrogen and oxygen atoms in total. The van der Waals surface area contributed by atoms with Crippen LogP contribution in [0.1, 0.15) is 0 Å². The van der Waals surface area contributed by atoms with Crippen LogP contribution in [0, 0.1) is 0 Å². The highest BCUT2D eigenvalue weighted by atomic mass is 32.4. The van der Waals surface area contributed by atoms with Crippen LogP contribution in [0.4, 0.5) is 0 Å². The molecule has 0 atom stereocenters. The van der Waals surface area contributed by atoms with Crippen molar-refractivity contribution in [2.45, 2.75) is 0 Å². The van der Waals surface area contributed by atoms with E-state index >= 15 is 0 Å². The van der Waals surface area contributed by atoms with Gasteiger partial charge in [0.1, 0.15) is 5.75 Å². The fourth-order valence-electron chi connectivity index (χ4n) is 1.38. The molecule has 0 saturated heterocycles. The maximum atomic E-state index is 5.18. The van der Waals surface area contributed by atoms with Gasteiger partial charge in [0.25, 0.3) is 0 Å². The standard InChI is InChI=1S/C12H9OPS/c15-14-13-12-8-6-11(7-9-12)10-4-2-1-3-5-10/h1-9H. The summed E-state index contributed by atoms with van der Waals surface area (Å²) < 4.78 is 5.18. The first-order valence-corrected chi connectivity index (χ1v) is 6.38. The Balaban J connectivity index is 2.28. The van der Waals surface area contributed by atoms with Crippen molar-refractivity contribution in [3.8, 4) is 16.9 Å². The molecule has 0 aliphatic rings. The Morgan fingerprint density at radius 3 is 2.00 bits per heavy atom. The molecule has 0 N–H and O–H groups in total. The van der Waals surface area contributed by atoms with Crippen LogP contribution in [0.15, 0.2) is 54.6 Å². The first kappa shape index (κ1) is 10.3. The molecule has 74 valence electrons. The van der Waals surface area contributed by atoms with Gasteiger partial charge in [-0.25, -0.2) is 0 Å². The Labute approximate surface area is 95.6 Å². The van der Waals surface area contributed by atoms with Crippen LogP contribution in [-0.2, 0) is 11.8 Å². The monoisotopic (exact) mass is 232 g/mol. The highest BCUT2D eigenvalue weighted by molar-refractivity contribution is 7.94. The van der Waals surface area contributed by atoms with E-state index < -0.39 is 0 Å². The summed E-state index contributed by atoms with van der Waals surface area (Å²) in [5.41, 5.74) is 2.39. The summed E-state index contributed by atoms with van der Waals surface area (Å²) in [7, 11) is 0.511. The lowest BCUT2D eigenvalue weighted by Crippen LogP contribution is -1.78. The molecule has 0 aliphatic heterocycles. The zero-order chi connectivity index (χ0) is 10.5. The lowest BCUT2D eigenvalue weighted by molar-refractivity contribution is 0.645. The average molecular weight is 232 g/mol. The molecule has 0 radical (unpaired) electrons. The van der Waals surface area contributed by atoms with Crippen molar-refractivity contribution in [3.63, 3.8) is 0 Å². The summed E-state index contributed by atoms with van der Waals surface area (Å²) in [4.78, 5) is 0. The van der Waals surface area contributed by atoms with Crippen molar-refractivity contribution in [1.82, 2.24) is 0 Å². The fraction of sp³-hybridized carbons (Fsp3) is 0. The van der Waals surface area contributed by atoms with E-state index in [1.807, 2.05) is 42.5 Å². The first-order chi connectivity index (χ1) is 7.40. The van der Waals surface area contributed by atoms with Gasteiger partial charge in [-0.2, -0.15) is 0 Å². The van der Waals surface area contributed by atoms with Crippen molar-refractivity contribution in [2.75, 3.05) is 0 Å². The lowest BCUT2D eigenvalue weighted by atomic mass is 10.1. The van der Waals surface area contributed by atoms with Crippen LogP contribution < -0.4 is 4.52 Å². The third kappa shape index (κ3) is 2.62.